The minimum absolute atomic E-state index is 0.143. The first-order valence-electron chi connectivity index (χ1n) is 7.13. The van der Waals surface area contributed by atoms with Gasteiger partial charge in [-0.1, -0.05) is 17.7 Å². The van der Waals surface area contributed by atoms with E-state index in [0.717, 1.165) is 16.7 Å². The van der Waals surface area contributed by atoms with Gasteiger partial charge >= 0.3 is 0 Å². The first-order valence-corrected chi connectivity index (χ1v) is 7.13. The molecule has 0 aliphatic rings. The lowest BCUT2D eigenvalue weighted by molar-refractivity contribution is 0.102. The molecule has 1 amide bonds. The highest BCUT2D eigenvalue weighted by atomic mass is 16.5. The van der Waals surface area contributed by atoms with Crippen LogP contribution < -0.4 is 10.1 Å². The topological polar surface area (TPSA) is 58.6 Å². The number of hydrogen-bond acceptors (Lipinski definition) is 3. The molecule has 116 valence electrons. The van der Waals surface area contributed by atoms with Crippen molar-refractivity contribution in [2.45, 2.75) is 27.4 Å². The van der Waals surface area contributed by atoms with E-state index in [-0.39, 0.29) is 12.5 Å². The van der Waals surface area contributed by atoms with Gasteiger partial charge in [-0.25, -0.2) is 0 Å². The van der Waals surface area contributed by atoms with Gasteiger partial charge in [0.05, 0.1) is 13.7 Å². The summed E-state index contributed by atoms with van der Waals surface area (Å²) in [5.74, 6) is 0.451. The summed E-state index contributed by atoms with van der Waals surface area (Å²) in [5.41, 5.74) is 4.99. The minimum atomic E-state index is -0.149. The summed E-state index contributed by atoms with van der Waals surface area (Å²) in [4.78, 5) is 12.5. The summed E-state index contributed by atoms with van der Waals surface area (Å²) < 4.78 is 5.16. The van der Waals surface area contributed by atoms with Gasteiger partial charge in [-0.2, -0.15) is 0 Å². The van der Waals surface area contributed by atoms with Crippen LogP contribution in [0.3, 0.4) is 0 Å². The first-order chi connectivity index (χ1) is 10.5. The van der Waals surface area contributed by atoms with Gasteiger partial charge in [0, 0.05) is 16.8 Å². The van der Waals surface area contributed by atoms with E-state index in [1.165, 1.54) is 0 Å². The van der Waals surface area contributed by atoms with Gasteiger partial charge in [0.2, 0.25) is 0 Å². The fourth-order valence-electron chi connectivity index (χ4n) is 2.71. The van der Waals surface area contributed by atoms with Gasteiger partial charge in [0.15, 0.2) is 0 Å². The zero-order valence-corrected chi connectivity index (χ0v) is 13.4. The predicted octanol–water partition coefficient (Wildman–Crippen LogP) is 3.37. The lowest BCUT2D eigenvalue weighted by Gasteiger charge is -2.13. The van der Waals surface area contributed by atoms with E-state index in [0.29, 0.717) is 22.6 Å². The molecule has 4 nitrogen and oxygen atoms in total. The Morgan fingerprint density at radius 1 is 1.14 bits per heavy atom. The van der Waals surface area contributed by atoms with E-state index in [2.05, 4.69) is 5.32 Å². The van der Waals surface area contributed by atoms with Crippen molar-refractivity contribution in [2.75, 3.05) is 12.4 Å². The number of amides is 1. The Morgan fingerprint density at radius 2 is 1.77 bits per heavy atom. The molecule has 2 aromatic rings. The second-order valence-corrected chi connectivity index (χ2v) is 5.41. The van der Waals surface area contributed by atoms with Crippen LogP contribution in [0.1, 0.15) is 32.6 Å². The average molecular weight is 299 g/mol. The quantitative estimate of drug-likeness (QED) is 0.910. The van der Waals surface area contributed by atoms with E-state index < -0.39 is 0 Å². The number of hydrogen-bond donors (Lipinski definition) is 2. The largest absolute Gasteiger partial charge is 0.496 e. The Labute approximate surface area is 130 Å². The molecule has 2 aromatic carbocycles. The molecule has 0 saturated heterocycles. The summed E-state index contributed by atoms with van der Waals surface area (Å²) in [5, 5.41) is 12.2. The van der Waals surface area contributed by atoms with Crippen LogP contribution in [0.25, 0.3) is 0 Å². The molecule has 0 heterocycles. The zero-order chi connectivity index (χ0) is 16.3. The number of rotatable bonds is 4. The molecule has 0 aliphatic heterocycles. The maximum absolute atomic E-state index is 12.5. The minimum Gasteiger partial charge on any atom is -0.496 e. The van der Waals surface area contributed by atoms with Gasteiger partial charge in [0.1, 0.15) is 5.75 Å². The molecule has 0 fully saturated rings. The fourth-order valence-corrected chi connectivity index (χ4v) is 2.71. The van der Waals surface area contributed by atoms with Gasteiger partial charge in [-0.3, -0.25) is 4.79 Å². The Kier molecular flexibility index (Phi) is 4.83. The van der Waals surface area contributed by atoms with Crippen LogP contribution in [-0.4, -0.2) is 18.1 Å². The number of anilines is 1. The maximum Gasteiger partial charge on any atom is 0.256 e. The van der Waals surface area contributed by atoms with Crippen LogP contribution in [0.15, 0.2) is 30.3 Å². The number of carbonyl (C=O) groups excluding carboxylic acids is 1. The Bertz CT molecular complexity index is 684. The van der Waals surface area contributed by atoms with Gasteiger partial charge in [0.25, 0.3) is 5.91 Å². The molecule has 2 rings (SSSR count). The van der Waals surface area contributed by atoms with Crippen molar-refractivity contribution in [2.24, 2.45) is 0 Å². The predicted molar refractivity (Wildman–Crippen MR) is 87.5 cm³/mol. The van der Waals surface area contributed by atoms with Crippen LogP contribution >= 0.6 is 0 Å². The zero-order valence-electron chi connectivity index (χ0n) is 13.4. The third kappa shape index (κ3) is 3.28. The number of benzene rings is 2. The molecular weight excluding hydrogens is 278 g/mol. The molecule has 22 heavy (non-hydrogen) atoms. The SMILES string of the molecule is COc1ccc(NC(=O)c2c(C)cc(C)cc2C)cc1CO. The molecule has 0 saturated carbocycles. The monoisotopic (exact) mass is 299 g/mol. The van der Waals surface area contributed by atoms with Crippen molar-refractivity contribution < 1.29 is 14.6 Å². The van der Waals surface area contributed by atoms with E-state index in [4.69, 9.17) is 4.74 Å². The second kappa shape index (κ2) is 6.62. The highest BCUT2D eigenvalue weighted by Crippen LogP contribution is 2.24. The lowest BCUT2D eigenvalue weighted by atomic mass is 9.99. The van der Waals surface area contributed by atoms with E-state index >= 15 is 0 Å². The van der Waals surface area contributed by atoms with Crippen molar-refractivity contribution in [1.82, 2.24) is 0 Å². The first kappa shape index (κ1) is 16.0. The number of aryl methyl sites for hydroxylation is 3. The van der Waals surface area contributed by atoms with Crippen LogP contribution in [0, 0.1) is 20.8 Å². The van der Waals surface area contributed by atoms with Crippen LogP contribution in [0.2, 0.25) is 0 Å². The number of ether oxygens (including phenoxy) is 1. The van der Waals surface area contributed by atoms with Crippen molar-refractivity contribution in [3.8, 4) is 5.75 Å². The fraction of sp³-hybridized carbons (Fsp3) is 0.278. The molecule has 0 aliphatic carbocycles. The van der Waals surface area contributed by atoms with Crippen LogP contribution in [0.5, 0.6) is 5.75 Å². The van der Waals surface area contributed by atoms with Gasteiger partial charge < -0.3 is 15.2 Å². The second-order valence-electron chi connectivity index (χ2n) is 5.41. The van der Waals surface area contributed by atoms with Crippen molar-refractivity contribution in [1.29, 1.82) is 0 Å². The van der Waals surface area contributed by atoms with Crippen molar-refractivity contribution in [3.05, 3.63) is 58.1 Å². The standard InChI is InChI=1S/C18H21NO3/c1-11-7-12(2)17(13(3)8-11)18(21)19-15-5-6-16(22-4)14(9-15)10-20/h5-9,20H,10H2,1-4H3,(H,19,21). The maximum atomic E-state index is 12.5. The molecule has 0 spiro atoms. The van der Waals surface area contributed by atoms with Gasteiger partial charge in [-0.05, 0) is 50.1 Å². The third-order valence-corrected chi connectivity index (χ3v) is 3.61. The Morgan fingerprint density at radius 3 is 2.32 bits per heavy atom. The van der Waals surface area contributed by atoms with Crippen LogP contribution in [-0.2, 0) is 6.61 Å². The molecule has 4 heteroatoms. The van der Waals surface area contributed by atoms with Crippen molar-refractivity contribution >= 4 is 11.6 Å². The molecule has 2 N–H and O–H groups in total. The number of aliphatic hydroxyl groups excluding tert-OH is 1. The molecule has 0 radical (unpaired) electrons. The Hall–Kier alpha value is -2.33. The molecule has 0 bridgehead atoms. The summed E-state index contributed by atoms with van der Waals surface area (Å²) >= 11 is 0. The molecule has 0 aromatic heterocycles. The van der Waals surface area contributed by atoms with Crippen molar-refractivity contribution in [3.63, 3.8) is 0 Å². The highest BCUT2D eigenvalue weighted by molar-refractivity contribution is 6.06. The number of methoxy groups -OCH3 is 1. The number of aliphatic hydroxyl groups is 1. The number of nitrogens with one attached hydrogen (secondary N) is 1. The Balaban J connectivity index is 2.30. The average Bonchev–Trinajstić information content (AvgIpc) is 2.45. The summed E-state index contributed by atoms with van der Waals surface area (Å²) in [7, 11) is 1.55. The van der Waals surface area contributed by atoms with E-state index in [1.807, 2.05) is 32.9 Å². The molecule has 0 unspecified atom stereocenters. The summed E-state index contributed by atoms with van der Waals surface area (Å²) in [6.07, 6.45) is 0. The van der Waals surface area contributed by atoms with Gasteiger partial charge in [-0.15, -0.1) is 0 Å². The smallest absolute Gasteiger partial charge is 0.256 e. The molecular formula is C18H21NO3. The number of carbonyl (C=O) groups is 1. The van der Waals surface area contributed by atoms with E-state index in [9.17, 15) is 9.90 Å². The van der Waals surface area contributed by atoms with E-state index in [1.54, 1.807) is 25.3 Å². The summed E-state index contributed by atoms with van der Waals surface area (Å²) in [6, 6.07) is 9.20. The lowest BCUT2D eigenvalue weighted by Crippen LogP contribution is -2.15. The van der Waals surface area contributed by atoms with Crippen LogP contribution in [0.4, 0.5) is 5.69 Å². The summed E-state index contributed by atoms with van der Waals surface area (Å²) in [6.45, 7) is 5.73. The molecule has 0 atom stereocenters. The normalized spacial score (nSPS) is 10.4. The highest BCUT2D eigenvalue weighted by Gasteiger charge is 2.14. The third-order valence-electron chi connectivity index (χ3n) is 3.61.